The number of anilines is 4. The highest BCUT2D eigenvalue weighted by Crippen LogP contribution is 2.28. The molecule has 0 saturated heterocycles. The molecule has 9 heteroatoms. The molecule has 0 atom stereocenters. The lowest BCUT2D eigenvalue weighted by atomic mass is 10.3. The number of hydrogen-bond donors (Lipinski definition) is 2. The lowest BCUT2D eigenvalue weighted by Crippen LogP contribution is -2.03. The van der Waals surface area contributed by atoms with Gasteiger partial charge in [0, 0.05) is 11.4 Å². The molecule has 0 aliphatic heterocycles. The van der Waals surface area contributed by atoms with Crippen molar-refractivity contribution in [3.8, 4) is 11.5 Å². The molecular formula is C20H20N6O3. The molecule has 2 heterocycles. The lowest BCUT2D eigenvalue weighted by molar-refractivity contribution is 0.314. The molecule has 4 rings (SSSR count). The second-order valence-corrected chi connectivity index (χ2v) is 6.00. The number of rotatable bonds is 8. The SMILES string of the molecule is CCOc1ccc(Nc2nc3nonc3nc2Nc2ccc(OCC)cc2)cc1. The quantitative estimate of drug-likeness (QED) is 0.454. The molecule has 2 aromatic carbocycles. The summed E-state index contributed by atoms with van der Waals surface area (Å²) in [4.78, 5) is 8.95. The van der Waals surface area contributed by atoms with Crippen molar-refractivity contribution in [2.75, 3.05) is 23.8 Å². The van der Waals surface area contributed by atoms with Gasteiger partial charge in [-0.05, 0) is 72.7 Å². The minimum atomic E-state index is 0.315. The maximum absolute atomic E-state index is 5.48. The smallest absolute Gasteiger partial charge is 0.245 e. The van der Waals surface area contributed by atoms with E-state index in [1.54, 1.807) is 0 Å². The van der Waals surface area contributed by atoms with E-state index >= 15 is 0 Å². The van der Waals surface area contributed by atoms with Crippen molar-refractivity contribution in [3.05, 3.63) is 48.5 Å². The van der Waals surface area contributed by atoms with E-state index in [1.165, 1.54) is 0 Å². The lowest BCUT2D eigenvalue weighted by Gasteiger charge is -2.12. The molecule has 0 aliphatic rings. The Morgan fingerprint density at radius 1 is 0.690 bits per heavy atom. The summed E-state index contributed by atoms with van der Waals surface area (Å²) in [6.07, 6.45) is 0. The number of ether oxygens (including phenoxy) is 2. The molecule has 0 aliphatic carbocycles. The van der Waals surface area contributed by atoms with Crippen LogP contribution in [0.15, 0.2) is 53.2 Å². The third-order valence-corrected chi connectivity index (χ3v) is 3.97. The van der Waals surface area contributed by atoms with E-state index in [2.05, 4.69) is 30.9 Å². The summed E-state index contributed by atoms with van der Waals surface area (Å²) in [5.41, 5.74) is 2.29. The normalized spacial score (nSPS) is 10.7. The monoisotopic (exact) mass is 392 g/mol. The van der Waals surface area contributed by atoms with Gasteiger partial charge in [0.15, 0.2) is 11.6 Å². The molecule has 0 unspecified atom stereocenters. The van der Waals surface area contributed by atoms with Crippen LogP contribution in [0.5, 0.6) is 11.5 Å². The third-order valence-electron chi connectivity index (χ3n) is 3.97. The Bertz CT molecular complexity index is 994. The maximum atomic E-state index is 5.48. The van der Waals surface area contributed by atoms with Gasteiger partial charge in [-0.1, -0.05) is 0 Å². The van der Waals surface area contributed by atoms with Crippen molar-refractivity contribution < 1.29 is 14.1 Å². The Labute approximate surface area is 167 Å². The Kier molecular flexibility index (Phi) is 5.37. The van der Waals surface area contributed by atoms with Crippen LogP contribution >= 0.6 is 0 Å². The highest BCUT2D eigenvalue weighted by atomic mass is 16.6. The number of hydrogen-bond acceptors (Lipinski definition) is 9. The zero-order valence-corrected chi connectivity index (χ0v) is 16.0. The van der Waals surface area contributed by atoms with Crippen molar-refractivity contribution >= 4 is 34.3 Å². The molecule has 4 aromatic rings. The summed E-state index contributed by atoms with van der Waals surface area (Å²) in [7, 11) is 0. The van der Waals surface area contributed by atoms with Crippen LogP contribution in [-0.2, 0) is 0 Å². The summed E-state index contributed by atoms with van der Waals surface area (Å²) in [6, 6.07) is 15.1. The van der Waals surface area contributed by atoms with Crippen molar-refractivity contribution in [3.63, 3.8) is 0 Å². The molecule has 2 N–H and O–H groups in total. The van der Waals surface area contributed by atoms with Gasteiger partial charge < -0.3 is 20.1 Å². The van der Waals surface area contributed by atoms with Gasteiger partial charge in [-0.2, -0.15) is 0 Å². The van der Waals surface area contributed by atoms with E-state index < -0.39 is 0 Å². The van der Waals surface area contributed by atoms with E-state index in [1.807, 2.05) is 62.4 Å². The van der Waals surface area contributed by atoms with Crippen LogP contribution in [0.2, 0.25) is 0 Å². The first kappa shape index (κ1) is 18.5. The summed E-state index contributed by atoms with van der Waals surface area (Å²) < 4.78 is 15.7. The highest BCUT2D eigenvalue weighted by molar-refractivity contribution is 5.79. The predicted molar refractivity (Wildman–Crippen MR) is 109 cm³/mol. The van der Waals surface area contributed by atoms with Crippen LogP contribution < -0.4 is 20.1 Å². The fraction of sp³-hybridized carbons (Fsp3) is 0.200. The fourth-order valence-corrected chi connectivity index (χ4v) is 2.69. The van der Waals surface area contributed by atoms with Crippen LogP contribution in [0, 0.1) is 0 Å². The first-order valence-electron chi connectivity index (χ1n) is 9.25. The number of benzene rings is 2. The third kappa shape index (κ3) is 4.34. The summed E-state index contributed by atoms with van der Waals surface area (Å²) in [5, 5.41) is 14.1. The molecule has 0 amide bonds. The van der Waals surface area contributed by atoms with Crippen molar-refractivity contribution in [2.45, 2.75) is 13.8 Å². The van der Waals surface area contributed by atoms with Gasteiger partial charge in [-0.15, -0.1) is 0 Å². The summed E-state index contributed by atoms with van der Waals surface area (Å²) >= 11 is 0. The van der Waals surface area contributed by atoms with Crippen molar-refractivity contribution in [1.82, 2.24) is 20.3 Å². The molecule has 148 valence electrons. The number of fused-ring (bicyclic) bond motifs is 1. The minimum absolute atomic E-state index is 0.315. The van der Waals surface area contributed by atoms with E-state index in [0.717, 1.165) is 22.9 Å². The van der Waals surface area contributed by atoms with Gasteiger partial charge in [0.05, 0.1) is 13.2 Å². The number of nitrogens with zero attached hydrogens (tertiary/aromatic N) is 4. The fourth-order valence-electron chi connectivity index (χ4n) is 2.69. The van der Waals surface area contributed by atoms with E-state index in [-0.39, 0.29) is 0 Å². The van der Waals surface area contributed by atoms with Gasteiger partial charge >= 0.3 is 0 Å². The Balaban J connectivity index is 1.61. The molecule has 0 saturated carbocycles. The maximum Gasteiger partial charge on any atom is 0.245 e. The Hall–Kier alpha value is -3.88. The molecule has 0 fully saturated rings. The highest BCUT2D eigenvalue weighted by Gasteiger charge is 2.13. The number of aromatic nitrogens is 4. The van der Waals surface area contributed by atoms with E-state index in [4.69, 9.17) is 14.1 Å². The molecular weight excluding hydrogens is 372 g/mol. The first-order chi connectivity index (χ1) is 14.2. The molecule has 29 heavy (non-hydrogen) atoms. The Morgan fingerprint density at radius 2 is 1.10 bits per heavy atom. The van der Waals surface area contributed by atoms with Crippen molar-refractivity contribution in [1.29, 1.82) is 0 Å². The molecule has 2 aromatic heterocycles. The van der Waals surface area contributed by atoms with Crippen LogP contribution in [0.4, 0.5) is 23.0 Å². The zero-order valence-electron chi connectivity index (χ0n) is 16.0. The summed E-state index contributed by atoms with van der Waals surface area (Å²) in [5.74, 6) is 2.58. The molecule has 0 radical (unpaired) electrons. The van der Waals surface area contributed by atoms with E-state index in [0.29, 0.717) is 36.1 Å². The van der Waals surface area contributed by atoms with Gasteiger partial charge in [-0.25, -0.2) is 14.6 Å². The van der Waals surface area contributed by atoms with Crippen molar-refractivity contribution in [2.24, 2.45) is 0 Å². The Morgan fingerprint density at radius 3 is 1.48 bits per heavy atom. The second kappa shape index (κ2) is 8.42. The minimum Gasteiger partial charge on any atom is -0.494 e. The van der Waals surface area contributed by atoms with Crippen LogP contribution in [-0.4, -0.2) is 33.5 Å². The van der Waals surface area contributed by atoms with Crippen LogP contribution in [0.3, 0.4) is 0 Å². The molecule has 0 bridgehead atoms. The van der Waals surface area contributed by atoms with Gasteiger partial charge in [-0.3, -0.25) is 0 Å². The number of nitrogens with one attached hydrogen (secondary N) is 2. The summed E-state index contributed by atoms with van der Waals surface area (Å²) in [6.45, 7) is 5.12. The average molecular weight is 392 g/mol. The van der Waals surface area contributed by atoms with Gasteiger partial charge in [0.25, 0.3) is 0 Å². The van der Waals surface area contributed by atoms with Crippen LogP contribution in [0.1, 0.15) is 13.8 Å². The zero-order chi connectivity index (χ0) is 20.1. The topological polar surface area (TPSA) is 107 Å². The average Bonchev–Trinajstić information content (AvgIpc) is 3.19. The molecule has 0 spiro atoms. The van der Waals surface area contributed by atoms with Gasteiger partial charge in [0.1, 0.15) is 11.5 Å². The second-order valence-electron chi connectivity index (χ2n) is 6.00. The standard InChI is InChI=1S/C20H20N6O3/c1-3-27-15-9-5-13(6-10-15)21-17-18(24-20-19(23-17)25-29-26-20)22-14-7-11-16(12-8-14)28-4-2/h5-12H,3-4H2,1-2H3,(H,21,23,25)(H,22,24,26). The van der Waals surface area contributed by atoms with Gasteiger partial charge in [0.2, 0.25) is 11.3 Å². The predicted octanol–water partition coefficient (Wildman–Crippen LogP) is 4.30. The van der Waals surface area contributed by atoms with E-state index in [9.17, 15) is 0 Å². The first-order valence-corrected chi connectivity index (χ1v) is 9.25. The molecule has 9 nitrogen and oxygen atoms in total. The largest absolute Gasteiger partial charge is 0.494 e. The van der Waals surface area contributed by atoms with Crippen LogP contribution in [0.25, 0.3) is 11.3 Å².